The molecule has 0 spiro atoms. The molecule has 0 aliphatic heterocycles. The fourth-order valence-electron chi connectivity index (χ4n) is 2.31. The van der Waals surface area contributed by atoms with E-state index in [9.17, 15) is 13.2 Å². The summed E-state index contributed by atoms with van der Waals surface area (Å²) in [5.41, 5.74) is 1.26. The van der Waals surface area contributed by atoms with Crippen molar-refractivity contribution < 1.29 is 13.2 Å². The van der Waals surface area contributed by atoms with E-state index in [1.54, 1.807) is 42.5 Å². The highest BCUT2D eigenvalue weighted by Crippen LogP contribution is 2.30. The van der Waals surface area contributed by atoms with Gasteiger partial charge in [-0.1, -0.05) is 42.5 Å². The minimum Gasteiger partial charge on any atom is -0.206 e. The summed E-state index contributed by atoms with van der Waals surface area (Å²) in [6.45, 7) is 0. The molecular weight excluding hydrogens is 273 g/mol. The molecule has 3 heteroatoms. The zero-order valence-electron chi connectivity index (χ0n) is 11.0. The minimum absolute atomic E-state index is 0.101. The second kappa shape index (κ2) is 5.44. The second-order valence-corrected chi connectivity index (χ2v) is 4.66. The van der Waals surface area contributed by atoms with Gasteiger partial charge in [0.15, 0.2) is 0 Å². The monoisotopic (exact) mass is 284 g/mol. The lowest BCUT2D eigenvalue weighted by Crippen LogP contribution is -1.90. The molecule has 3 aromatic carbocycles. The Morgan fingerprint density at radius 3 is 1.81 bits per heavy atom. The van der Waals surface area contributed by atoms with Gasteiger partial charge in [0.2, 0.25) is 0 Å². The van der Waals surface area contributed by atoms with Crippen molar-refractivity contribution in [3.8, 4) is 22.3 Å². The maximum absolute atomic E-state index is 13.8. The predicted octanol–water partition coefficient (Wildman–Crippen LogP) is 5.44. The molecule has 0 radical (unpaired) electrons. The third-order valence-electron chi connectivity index (χ3n) is 3.30. The molecule has 0 aliphatic carbocycles. The van der Waals surface area contributed by atoms with Crippen LogP contribution in [0.4, 0.5) is 13.2 Å². The number of rotatable bonds is 2. The van der Waals surface area contributed by atoms with Gasteiger partial charge in [-0.15, -0.1) is 0 Å². The Balaban J connectivity index is 2.16. The van der Waals surface area contributed by atoms with Crippen LogP contribution in [0.25, 0.3) is 22.3 Å². The van der Waals surface area contributed by atoms with Gasteiger partial charge < -0.3 is 0 Å². The highest BCUT2D eigenvalue weighted by atomic mass is 19.1. The smallest absolute Gasteiger partial charge is 0.133 e. The molecule has 0 atom stereocenters. The molecule has 0 unspecified atom stereocenters. The summed E-state index contributed by atoms with van der Waals surface area (Å²) in [6.07, 6.45) is 0. The SMILES string of the molecule is Fc1ccccc1-c1cccc(-c2c(F)cccc2F)c1. The summed E-state index contributed by atoms with van der Waals surface area (Å²) >= 11 is 0. The number of halogens is 3. The van der Waals surface area contributed by atoms with Gasteiger partial charge in [0.25, 0.3) is 0 Å². The highest BCUT2D eigenvalue weighted by molar-refractivity contribution is 5.73. The fourth-order valence-corrected chi connectivity index (χ4v) is 2.31. The van der Waals surface area contributed by atoms with Crippen LogP contribution < -0.4 is 0 Å². The van der Waals surface area contributed by atoms with Gasteiger partial charge in [0.05, 0.1) is 5.56 Å². The molecule has 3 rings (SSSR count). The average Bonchev–Trinajstić information content (AvgIpc) is 2.48. The molecule has 0 heterocycles. The van der Waals surface area contributed by atoms with Crippen LogP contribution in [0.2, 0.25) is 0 Å². The molecule has 0 aliphatic rings. The first-order valence-corrected chi connectivity index (χ1v) is 6.46. The summed E-state index contributed by atoms with van der Waals surface area (Å²) in [5.74, 6) is -1.65. The van der Waals surface area contributed by atoms with Crippen LogP contribution in [0, 0.1) is 17.5 Å². The van der Waals surface area contributed by atoms with Crippen molar-refractivity contribution in [2.75, 3.05) is 0 Å². The van der Waals surface area contributed by atoms with Crippen molar-refractivity contribution in [3.63, 3.8) is 0 Å². The molecular formula is C18H11F3. The van der Waals surface area contributed by atoms with Crippen LogP contribution in [0.5, 0.6) is 0 Å². The summed E-state index contributed by atoms with van der Waals surface area (Å²) < 4.78 is 41.5. The molecule has 0 saturated carbocycles. The third-order valence-corrected chi connectivity index (χ3v) is 3.30. The van der Waals surface area contributed by atoms with E-state index in [4.69, 9.17) is 0 Å². The van der Waals surface area contributed by atoms with Gasteiger partial charge >= 0.3 is 0 Å². The standard InChI is InChI=1S/C18H11F3/c19-15-8-2-1-7-14(15)12-5-3-6-13(11-12)18-16(20)9-4-10-17(18)21/h1-11H. The summed E-state index contributed by atoms with van der Waals surface area (Å²) in [5, 5.41) is 0. The van der Waals surface area contributed by atoms with Crippen molar-refractivity contribution in [2.45, 2.75) is 0 Å². The van der Waals surface area contributed by atoms with Crippen LogP contribution in [-0.4, -0.2) is 0 Å². The Kier molecular flexibility index (Phi) is 3.48. The topological polar surface area (TPSA) is 0 Å². The lowest BCUT2D eigenvalue weighted by Gasteiger charge is -2.08. The van der Waals surface area contributed by atoms with Gasteiger partial charge in [-0.3, -0.25) is 0 Å². The van der Waals surface area contributed by atoms with Crippen molar-refractivity contribution in [1.82, 2.24) is 0 Å². The van der Waals surface area contributed by atoms with Gasteiger partial charge in [-0.2, -0.15) is 0 Å². The average molecular weight is 284 g/mol. The Morgan fingerprint density at radius 2 is 1.10 bits per heavy atom. The normalized spacial score (nSPS) is 10.6. The Morgan fingerprint density at radius 1 is 0.524 bits per heavy atom. The fraction of sp³-hybridized carbons (Fsp3) is 0. The third kappa shape index (κ3) is 2.55. The lowest BCUT2D eigenvalue weighted by atomic mass is 9.98. The summed E-state index contributed by atoms with van der Waals surface area (Å²) in [4.78, 5) is 0. The van der Waals surface area contributed by atoms with E-state index in [0.717, 1.165) is 0 Å². The first kappa shape index (κ1) is 13.4. The Labute approximate surface area is 120 Å². The molecule has 0 aromatic heterocycles. The van der Waals surface area contributed by atoms with Crippen LogP contribution in [-0.2, 0) is 0 Å². The van der Waals surface area contributed by atoms with Gasteiger partial charge in [-0.05, 0) is 35.4 Å². The van der Waals surface area contributed by atoms with E-state index < -0.39 is 11.6 Å². The first-order chi connectivity index (χ1) is 10.2. The minimum atomic E-state index is -0.638. The molecule has 0 amide bonds. The Hall–Kier alpha value is -2.55. The molecule has 104 valence electrons. The molecule has 0 nitrogen and oxygen atoms in total. The molecule has 21 heavy (non-hydrogen) atoms. The number of hydrogen-bond donors (Lipinski definition) is 0. The van der Waals surface area contributed by atoms with Crippen LogP contribution in [0.1, 0.15) is 0 Å². The lowest BCUT2D eigenvalue weighted by molar-refractivity contribution is 0.589. The van der Waals surface area contributed by atoms with Crippen molar-refractivity contribution in [3.05, 3.63) is 84.2 Å². The number of hydrogen-bond acceptors (Lipinski definition) is 0. The van der Waals surface area contributed by atoms with E-state index >= 15 is 0 Å². The van der Waals surface area contributed by atoms with Gasteiger partial charge in [-0.25, -0.2) is 13.2 Å². The number of benzene rings is 3. The van der Waals surface area contributed by atoms with Crippen molar-refractivity contribution >= 4 is 0 Å². The predicted molar refractivity (Wildman–Crippen MR) is 77.2 cm³/mol. The summed E-state index contributed by atoms with van der Waals surface area (Å²) in [7, 11) is 0. The molecule has 0 fully saturated rings. The van der Waals surface area contributed by atoms with E-state index in [2.05, 4.69) is 0 Å². The molecule has 0 saturated heterocycles. The maximum atomic E-state index is 13.8. The van der Waals surface area contributed by atoms with Crippen LogP contribution in [0.15, 0.2) is 66.7 Å². The summed E-state index contributed by atoms with van der Waals surface area (Å²) in [6, 6.07) is 16.6. The first-order valence-electron chi connectivity index (χ1n) is 6.46. The molecule has 3 aromatic rings. The van der Waals surface area contributed by atoms with Crippen molar-refractivity contribution in [2.24, 2.45) is 0 Å². The van der Waals surface area contributed by atoms with Crippen LogP contribution in [0.3, 0.4) is 0 Å². The highest BCUT2D eigenvalue weighted by Gasteiger charge is 2.12. The zero-order valence-corrected chi connectivity index (χ0v) is 11.0. The second-order valence-electron chi connectivity index (χ2n) is 4.66. The van der Waals surface area contributed by atoms with Crippen LogP contribution >= 0.6 is 0 Å². The molecule has 0 N–H and O–H groups in total. The van der Waals surface area contributed by atoms with E-state index in [0.29, 0.717) is 16.7 Å². The zero-order chi connectivity index (χ0) is 14.8. The van der Waals surface area contributed by atoms with Gasteiger partial charge in [0, 0.05) is 5.56 Å². The van der Waals surface area contributed by atoms with Crippen molar-refractivity contribution in [1.29, 1.82) is 0 Å². The molecule has 0 bridgehead atoms. The quantitative estimate of drug-likeness (QED) is 0.588. The van der Waals surface area contributed by atoms with E-state index in [-0.39, 0.29) is 11.4 Å². The van der Waals surface area contributed by atoms with E-state index in [1.165, 1.54) is 24.3 Å². The Bertz CT molecular complexity index is 774. The largest absolute Gasteiger partial charge is 0.206 e. The maximum Gasteiger partial charge on any atom is 0.133 e. The van der Waals surface area contributed by atoms with E-state index in [1.807, 2.05) is 0 Å². The van der Waals surface area contributed by atoms with Gasteiger partial charge in [0.1, 0.15) is 17.5 Å².